The van der Waals surface area contributed by atoms with Gasteiger partial charge in [0.05, 0.1) is 76.6 Å². The average molecular weight is 1350 g/mol. The second kappa shape index (κ2) is 28.7. The van der Waals surface area contributed by atoms with E-state index in [1.807, 2.05) is 84.1 Å². The maximum atomic E-state index is 5.61. The van der Waals surface area contributed by atoms with Crippen LogP contribution in [0.4, 0.5) is 0 Å². The van der Waals surface area contributed by atoms with Gasteiger partial charge in [-0.3, -0.25) is 20.0 Å². The molecule has 0 aromatic carbocycles. The molecule has 0 amide bonds. The van der Waals surface area contributed by atoms with Gasteiger partial charge >= 0.3 is 0 Å². The van der Waals surface area contributed by atoms with Gasteiger partial charge in [0, 0.05) is 81.8 Å². The number of rotatable bonds is 0. The Kier molecular flexibility index (Phi) is 26.7. The van der Waals surface area contributed by atoms with E-state index in [9.17, 15) is 0 Å². The fourth-order valence-electron chi connectivity index (χ4n) is 10.3. The third kappa shape index (κ3) is 19.1. The smallest absolute Gasteiger partial charge is 0.187 e. The van der Waals surface area contributed by atoms with Crippen molar-refractivity contribution in [3.8, 4) is 0 Å². The molecule has 15 nitrogen and oxygen atoms in total. The van der Waals surface area contributed by atoms with Crippen LogP contribution in [-0.2, 0) is 14.2 Å². The zero-order valence-corrected chi connectivity index (χ0v) is 70.0. The standard InChI is InChI=1S/C10H20N2.C9H18N2.C9H17NO.C9H17NS.C8H14N2.C8H15NO.C8H15NS.C7H11NO.C7H11NS/c1-8-11(6)9(2,3)10(4,5)12(8)7;1-7-10-8(2,3)9(4,5)11(7)6;2*1-7-10(6)8(2,3)9(4,5)11-7;1-6-8(3,4)9-7(2)10(6)5;2*1-6-9-7(2,3)8(4,5)10-6;2*1-5-7(3,4)8-6(2)9-5/h1H2,2-7H3;1-6H3;2*1H2,2-6H3;1H2,2-5H3;2*1-5H3;2*1H2,2-4H3. The van der Waals surface area contributed by atoms with Crippen LogP contribution in [0.5, 0.6) is 0 Å². The summed E-state index contributed by atoms with van der Waals surface area (Å²) in [5, 5.41) is 3.53. The monoisotopic (exact) mass is 1350 g/mol. The van der Waals surface area contributed by atoms with Gasteiger partial charge in [-0.25, -0.2) is 9.98 Å². The molecule has 0 saturated carbocycles. The van der Waals surface area contributed by atoms with E-state index in [4.69, 9.17) is 14.2 Å². The molecule has 0 aromatic heterocycles. The molecule has 9 rings (SSSR count). The topological polar surface area (TPSA) is 121 Å². The molecule has 3 saturated heterocycles. The Labute approximate surface area is 584 Å². The maximum Gasteiger partial charge on any atom is 0.187 e. The molecule has 18 heteroatoms. The van der Waals surface area contributed by atoms with Gasteiger partial charge in [-0.15, -0.1) is 23.5 Å². The second-order valence-corrected chi connectivity index (χ2v) is 38.3. The predicted molar refractivity (Wildman–Crippen MR) is 417 cm³/mol. The summed E-state index contributed by atoms with van der Waals surface area (Å²) < 4.78 is 16.8. The summed E-state index contributed by atoms with van der Waals surface area (Å²) in [4.78, 5) is 40.8. The van der Waals surface area contributed by atoms with Crippen molar-refractivity contribution in [2.45, 2.75) is 331 Å². The van der Waals surface area contributed by atoms with E-state index >= 15 is 0 Å². The average Bonchev–Trinajstić information content (AvgIpc) is 1.61. The Balaban J connectivity index is 0.000000524. The summed E-state index contributed by atoms with van der Waals surface area (Å²) >= 11 is 5.43. The van der Waals surface area contributed by atoms with Crippen molar-refractivity contribution in [1.82, 2.24) is 29.4 Å². The van der Waals surface area contributed by atoms with Crippen LogP contribution in [0.1, 0.15) is 249 Å². The number of hydrogen-bond donors (Lipinski definition) is 0. The molecule has 9 heterocycles. The highest BCUT2D eigenvalue weighted by molar-refractivity contribution is 8.17. The Morgan fingerprint density at radius 2 is 0.817 bits per heavy atom. The predicted octanol–water partition coefficient (Wildman–Crippen LogP) is 19.0. The molecule has 534 valence electrons. The number of aliphatic imine (C=N–C) groups is 6. The number of amidine groups is 2. The van der Waals surface area contributed by atoms with Crippen molar-refractivity contribution >= 4 is 68.8 Å². The van der Waals surface area contributed by atoms with E-state index in [-0.39, 0.29) is 81.6 Å². The van der Waals surface area contributed by atoms with Crippen LogP contribution in [0, 0.1) is 0 Å². The van der Waals surface area contributed by atoms with E-state index in [0.717, 1.165) is 50.7 Å². The van der Waals surface area contributed by atoms with Gasteiger partial charge in [0.1, 0.15) is 28.3 Å². The SMILES string of the molecule is C=C1N(C)C(C)(C)C(C)(C)N1C.C=C1N(C)C(C)=NC1(C)C.C=C1OC(C)(C)C(C)(C)N1C.C=C1OC(C)=NC1(C)C.C=C1SC(C)(C)C(C)(C)N1C.C=C1SC(C)=NC1(C)C.CC1=NC(C)(C)C(C)(C)N1C.CC1=NC(C)(C)C(C)(C)O1.CC1=NC(C)(C)C(C)(C)S1. The minimum Gasteiger partial charge on any atom is -0.473 e. The summed E-state index contributed by atoms with van der Waals surface area (Å²) in [6, 6.07) is 0. The quantitative estimate of drug-likeness (QED) is 0.230. The molecule has 3 fully saturated rings. The van der Waals surface area contributed by atoms with Crippen LogP contribution in [0.3, 0.4) is 0 Å². The van der Waals surface area contributed by atoms with Gasteiger partial charge in [-0.2, -0.15) is 0 Å². The molecule has 0 N–H and O–H groups in total. The van der Waals surface area contributed by atoms with Crippen LogP contribution < -0.4 is 0 Å². The van der Waals surface area contributed by atoms with Crippen LogP contribution in [0.25, 0.3) is 0 Å². The largest absolute Gasteiger partial charge is 0.473 e. The van der Waals surface area contributed by atoms with Crippen molar-refractivity contribution < 1.29 is 14.2 Å². The molecule has 93 heavy (non-hydrogen) atoms. The van der Waals surface area contributed by atoms with Crippen LogP contribution in [-0.4, -0.2) is 187 Å². The highest BCUT2D eigenvalue weighted by Crippen LogP contribution is 2.52. The first kappa shape index (κ1) is 86.7. The minimum atomic E-state index is -0.204. The number of likely N-dealkylation sites (N-methyl/N-ethyl adjacent to an activating group) is 5. The van der Waals surface area contributed by atoms with Crippen molar-refractivity contribution in [3.05, 3.63) is 72.6 Å². The van der Waals surface area contributed by atoms with Gasteiger partial charge in [-0.1, -0.05) is 44.7 Å². The minimum absolute atomic E-state index is 0.0191. The fourth-order valence-corrected chi connectivity index (χ4v) is 13.9. The van der Waals surface area contributed by atoms with Crippen LogP contribution in [0.2, 0.25) is 0 Å². The van der Waals surface area contributed by atoms with E-state index in [0.29, 0.717) is 5.90 Å². The Morgan fingerprint density at radius 1 is 0.355 bits per heavy atom. The number of thioether (sulfide) groups is 3. The molecule has 9 aliphatic rings. The van der Waals surface area contributed by atoms with Crippen LogP contribution >= 0.6 is 35.3 Å². The maximum absolute atomic E-state index is 5.61. The molecule has 0 spiro atoms. The molecule has 0 bridgehead atoms. The molecular formula is C75H138N12O3S3. The van der Waals surface area contributed by atoms with E-state index in [2.05, 4.69) is 330 Å². The number of nitrogens with zero attached hydrogens (tertiary/aromatic N) is 12. The van der Waals surface area contributed by atoms with Crippen molar-refractivity contribution in [1.29, 1.82) is 0 Å². The van der Waals surface area contributed by atoms with Gasteiger partial charge in [0.25, 0.3) is 0 Å². The lowest BCUT2D eigenvalue weighted by atomic mass is 9.83. The lowest BCUT2D eigenvalue weighted by Gasteiger charge is -2.40. The second-order valence-electron chi connectivity index (χ2n) is 33.5. The van der Waals surface area contributed by atoms with Gasteiger partial charge in [-0.05, 0) is 242 Å². The zero-order chi connectivity index (χ0) is 74.4. The van der Waals surface area contributed by atoms with E-state index in [1.165, 1.54) is 10.1 Å². The van der Waals surface area contributed by atoms with Crippen molar-refractivity contribution in [2.24, 2.45) is 30.0 Å². The van der Waals surface area contributed by atoms with E-state index in [1.54, 1.807) is 11.8 Å². The molecule has 0 unspecified atom stereocenters. The Bertz CT molecular complexity index is 2840. The van der Waals surface area contributed by atoms with Crippen LogP contribution in [0.15, 0.2) is 103 Å². The normalized spacial score (nSPS) is 26.3. The summed E-state index contributed by atoms with van der Waals surface area (Å²) in [6.45, 7) is 100. The third-order valence-electron chi connectivity index (χ3n) is 22.8. The zero-order valence-electron chi connectivity index (χ0n) is 67.6. The summed E-state index contributed by atoms with van der Waals surface area (Å²) in [6.07, 6.45) is 0. The molecule has 0 radical (unpaired) electrons. The van der Waals surface area contributed by atoms with Crippen molar-refractivity contribution in [3.63, 3.8) is 0 Å². The molecule has 0 atom stereocenters. The molecule has 0 aromatic rings. The Morgan fingerprint density at radius 3 is 0.914 bits per heavy atom. The lowest BCUT2D eigenvalue weighted by Crippen LogP contribution is -2.52. The molecular weight excluding hydrogens is 1210 g/mol. The number of hydrogen-bond acceptors (Lipinski definition) is 18. The summed E-state index contributed by atoms with van der Waals surface area (Å²) in [5.74, 6) is 6.31. The molecule has 9 aliphatic heterocycles. The van der Waals surface area contributed by atoms with E-state index < -0.39 is 0 Å². The Hall–Kier alpha value is -4.29. The van der Waals surface area contributed by atoms with Gasteiger partial charge in [0.15, 0.2) is 17.7 Å². The lowest BCUT2D eigenvalue weighted by molar-refractivity contribution is 0.0325. The highest BCUT2D eigenvalue weighted by atomic mass is 32.2. The summed E-state index contributed by atoms with van der Waals surface area (Å²) in [5.41, 5.74) is 1.27. The first-order chi connectivity index (χ1) is 40.8. The first-order valence-electron chi connectivity index (χ1n) is 32.9. The third-order valence-corrected chi connectivity index (χ3v) is 26.8. The first-order valence-corrected chi connectivity index (χ1v) is 35.3. The van der Waals surface area contributed by atoms with Gasteiger partial charge < -0.3 is 43.6 Å². The fraction of sp³-hybridized carbons (Fsp3) is 0.760. The number of ether oxygens (including phenoxy) is 3. The molecule has 0 aliphatic carbocycles. The van der Waals surface area contributed by atoms with Crippen molar-refractivity contribution in [2.75, 3.05) is 42.3 Å². The highest BCUT2D eigenvalue weighted by Gasteiger charge is 2.52. The van der Waals surface area contributed by atoms with Gasteiger partial charge in [0.2, 0.25) is 0 Å². The summed E-state index contributed by atoms with van der Waals surface area (Å²) in [7, 11) is 12.4.